The van der Waals surface area contributed by atoms with E-state index in [9.17, 15) is 16.8 Å². The van der Waals surface area contributed by atoms with Crippen LogP contribution in [0.25, 0.3) is 0 Å². The largest absolute Gasteiger partial charge is 0.463 e. The fourth-order valence-electron chi connectivity index (χ4n) is 4.28. The molecule has 41 heavy (non-hydrogen) atoms. The fraction of sp³-hybridized carbons (Fsp3) is 0.556. The van der Waals surface area contributed by atoms with Crippen LogP contribution in [-0.4, -0.2) is 106 Å². The second-order valence-corrected chi connectivity index (χ2v) is 13.9. The summed E-state index contributed by atoms with van der Waals surface area (Å²) in [7, 11) is -4.82. The molecule has 3 aliphatic heterocycles. The predicted molar refractivity (Wildman–Crippen MR) is 150 cm³/mol. The number of methoxy groups -OCH3 is 1. The van der Waals surface area contributed by atoms with Crippen LogP contribution in [0.4, 0.5) is 0 Å². The highest BCUT2D eigenvalue weighted by atomic mass is 32.2. The molecular formula is C27H38N2O10S2. The maximum Gasteiger partial charge on any atom is 0.213 e. The Kier molecular flexibility index (Phi) is 11.0. The number of nitrogens with zero attached hydrogens (tertiary/aromatic N) is 1. The molecule has 0 aliphatic carbocycles. The highest BCUT2D eigenvalue weighted by molar-refractivity contribution is 7.91. The lowest BCUT2D eigenvalue weighted by Gasteiger charge is -2.33. The topological polar surface area (TPSA) is 139 Å². The van der Waals surface area contributed by atoms with Gasteiger partial charge in [-0.1, -0.05) is 12.1 Å². The highest BCUT2D eigenvalue weighted by Crippen LogP contribution is 2.30. The first kappa shape index (κ1) is 31.6. The summed E-state index contributed by atoms with van der Waals surface area (Å²) in [6.07, 6.45) is 1.58. The van der Waals surface area contributed by atoms with Gasteiger partial charge in [-0.15, -0.1) is 0 Å². The van der Waals surface area contributed by atoms with Gasteiger partial charge in [-0.05, 0) is 24.3 Å². The van der Waals surface area contributed by atoms with E-state index in [2.05, 4.69) is 10.2 Å². The summed E-state index contributed by atoms with van der Waals surface area (Å²) in [6, 6.07) is 9.76. The highest BCUT2D eigenvalue weighted by Gasteiger charge is 2.25. The van der Waals surface area contributed by atoms with E-state index in [4.69, 9.17) is 28.4 Å². The summed E-state index contributed by atoms with van der Waals surface area (Å²) in [4.78, 5) is 2.75. The van der Waals surface area contributed by atoms with Crippen LogP contribution in [0.3, 0.4) is 0 Å². The minimum absolute atomic E-state index is 0.254. The maximum absolute atomic E-state index is 11.6. The van der Waals surface area contributed by atoms with Crippen molar-refractivity contribution in [2.75, 3.05) is 72.2 Å². The number of hydrogen-bond donors (Lipinski definition) is 1. The van der Waals surface area contributed by atoms with Gasteiger partial charge >= 0.3 is 0 Å². The van der Waals surface area contributed by atoms with E-state index in [1.54, 1.807) is 43.5 Å². The Morgan fingerprint density at radius 1 is 0.854 bits per heavy atom. The van der Waals surface area contributed by atoms with Gasteiger partial charge in [-0.25, -0.2) is 16.8 Å². The molecule has 5 rings (SSSR count). The number of nitrogens with one attached hydrogen (secondary N) is 1. The summed E-state index contributed by atoms with van der Waals surface area (Å²) in [5.74, 6) is 1.17. The van der Waals surface area contributed by atoms with Gasteiger partial charge in [-0.3, -0.25) is 4.90 Å². The second-order valence-electron chi connectivity index (χ2n) is 9.91. The summed E-state index contributed by atoms with van der Waals surface area (Å²) < 4.78 is 79.2. The molecule has 2 unspecified atom stereocenters. The zero-order chi connectivity index (χ0) is 29.5. The van der Waals surface area contributed by atoms with E-state index in [-0.39, 0.29) is 16.1 Å². The monoisotopic (exact) mass is 614 g/mol. The van der Waals surface area contributed by atoms with Gasteiger partial charge in [0.15, 0.2) is 19.7 Å². The summed E-state index contributed by atoms with van der Waals surface area (Å²) in [5, 5.41) is 3.14. The van der Waals surface area contributed by atoms with Crippen molar-refractivity contribution in [2.45, 2.75) is 35.6 Å². The van der Waals surface area contributed by atoms with Gasteiger partial charge in [-0.2, -0.15) is 0 Å². The minimum atomic E-state index is -3.23. The molecule has 0 aromatic heterocycles. The first-order valence-electron chi connectivity index (χ1n) is 13.2. The number of morpholine rings is 1. The molecule has 228 valence electrons. The van der Waals surface area contributed by atoms with E-state index in [0.29, 0.717) is 51.0 Å². The van der Waals surface area contributed by atoms with Crippen LogP contribution in [0.1, 0.15) is 11.1 Å². The Morgan fingerprint density at radius 2 is 1.39 bits per heavy atom. The lowest BCUT2D eigenvalue weighted by atomic mass is 10.2. The van der Waals surface area contributed by atoms with Gasteiger partial charge < -0.3 is 33.7 Å². The standard InChI is InChI=1S/C14H19NO5S.C13H19NO5S/c1-21(16,17)12-3-2-11-10-19-14(20-13(11)8-12)9-15-4-6-18-7-5-15;1-17-6-5-14-8-13-18-9-10-3-4-11(20(2,15)16)7-12(10)19-13/h2-3,8,14H,4-7,9-10H2,1H3;3-4,7,13-14H,5-6,8-9H2,1-2H3. The third-order valence-corrected chi connectivity index (χ3v) is 8.83. The smallest absolute Gasteiger partial charge is 0.213 e. The predicted octanol–water partition coefficient (Wildman–Crippen LogP) is 1.22. The molecule has 2 aromatic carbocycles. The number of fused-ring (bicyclic) bond motifs is 2. The molecule has 2 atom stereocenters. The first-order chi connectivity index (χ1) is 19.5. The van der Waals surface area contributed by atoms with Crippen molar-refractivity contribution in [3.8, 4) is 11.5 Å². The summed E-state index contributed by atoms with van der Waals surface area (Å²) >= 11 is 0. The quantitative estimate of drug-likeness (QED) is 0.407. The summed E-state index contributed by atoms with van der Waals surface area (Å²) in [6.45, 7) is 6.52. The Labute approximate surface area is 241 Å². The Bertz CT molecular complexity index is 1380. The zero-order valence-electron chi connectivity index (χ0n) is 23.5. The molecule has 3 heterocycles. The number of rotatable bonds is 9. The van der Waals surface area contributed by atoms with Crippen LogP contribution in [0.2, 0.25) is 0 Å². The molecule has 1 fully saturated rings. The Balaban J connectivity index is 0.000000189. The molecule has 1 N–H and O–H groups in total. The fourth-order valence-corrected chi connectivity index (χ4v) is 5.56. The van der Waals surface area contributed by atoms with Crippen LogP contribution in [0, 0.1) is 0 Å². The van der Waals surface area contributed by atoms with E-state index in [1.807, 2.05) is 0 Å². The Hall–Kier alpha value is -2.30. The number of hydrogen-bond acceptors (Lipinski definition) is 12. The molecule has 0 spiro atoms. The van der Waals surface area contributed by atoms with Crippen molar-refractivity contribution in [3.63, 3.8) is 0 Å². The molecular weight excluding hydrogens is 576 g/mol. The minimum Gasteiger partial charge on any atom is -0.463 e. The van der Waals surface area contributed by atoms with E-state index in [1.165, 1.54) is 12.5 Å². The average Bonchev–Trinajstić information content (AvgIpc) is 2.94. The van der Waals surface area contributed by atoms with Crippen molar-refractivity contribution < 1.29 is 45.3 Å². The normalized spacial score (nSPS) is 21.0. The zero-order valence-corrected chi connectivity index (χ0v) is 25.2. The molecule has 0 bridgehead atoms. The molecule has 0 radical (unpaired) electrons. The van der Waals surface area contributed by atoms with Crippen molar-refractivity contribution >= 4 is 19.7 Å². The van der Waals surface area contributed by atoms with Crippen molar-refractivity contribution in [1.29, 1.82) is 0 Å². The van der Waals surface area contributed by atoms with Gasteiger partial charge in [0.2, 0.25) is 12.6 Å². The van der Waals surface area contributed by atoms with E-state index in [0.717, 1.165) is 37.4 Å². The van der Waals surface area contributed by atoms with Crippen LogP contribution >= 0.6 is 0 Å². The number of benzene rings is 2. The van der Waals surface area contributed by atoms with Gasteiger partial charge in [0.1, 0.15) is 11.5 Å². The molecule has 14 heteroatoms. The Morgan fingerprint density at radius 3 is 1.93 bits per heavy atom. The van der Waals surface area contributed by atoms with Gasteiger partial charge in [0.25, 0.3) is 0 Å². The van der Waals surface area contributed by atoms with Crippen LogP contribution in [0.15, 0.2) is 46.2 Å². The van der Waals surface area contributed by atoms with Crippen LogP contribution in [0.5, 0.6) is 11.5 Å². The average molecular weight is 615 g/mol. The third-order valence-electron chi connectivity index (χ3n) is 6.60. The molecule has 3 aliphatic rings. The second kappa shape index (κ2) is 14.2. The van der Waals surface area contributed by atoms with Gasteiger partial charge in [0.05, 0.1) is 55.9 Å². The van der Waals surface area contributed by atoms with Gasteiger partial charge in [0, 0.05) is 50.4 Å². The van der Waals surface area contributed by atoms with Crippen molar-refractivity contribution in [1.82, 2.24) is 10.2 Å². The lowest BCUT2D eigenvalue weighted by molar-refractivity contribution is -0.127. The SMILES string of the molecule is COCCNCC1OCc2ccc(S(C)(=O)=O)cc2O1.CS(=O)(=O)c1ccc2c(c1)OC(CN1CCOCC1)OC2. The van der Waals surface area contributed by atoms with E-state index < -0.39 is 26.0 Å². The molecule has 0 saturated carbocycles. The number of ether oxygens (including phenoxy) is 6. The molecule has 2 aromatic rings. The van der Waals surface area contributed by atoms with Crippen LogP contribution in [-0.2, 0) is 51.8 Å². The third kappa shape index (κ3) is 9.35. The first-order valence-corrected chi connectivity index (χ1v) is 17.0. The van der Waals surface area contributed by atoms with Crippen molar-refractivity contribution in [3.05, 3.63) is 47.5 Å². The van der Waals surface area contributed by atoms with Crippen molar-refractivity contribution in [2.24, 2.45) is 0 Å². The van der Waals surface area contributed by atoms with E-state index >= 15 is 0 Å². The summed E-state index contributed by atoms with van der Waals surface area (Å²) in [5.41, 5.74) is 1.73. The van der Waals surface area contributed by atoms with Crippen LogP contribution < -0.4 is 14.8 Å². The molecule has 1 saturated heterocycles. The maximum atomic E-state index is 11.6. The number of sulfone groups is 2. The lowest BCUT2D eigenvalue weighted by Crippen LogP contribution is -2.44. The molecule has 0 amide bonds. The molecule has 12 nitrogen and oxygen atoms in total.